The van der Waals surface area contributed by atoms with Gasteiger partial charge in [-0.1, -0.05) is 41.9 Å². The van der Waals surface area contributed by atoms with Crippen LogP contribution >= 0.6 is 11.6 Å². The van der Waals surface area contributed by atoms with Crippen LogP contribution in [0.4, 0.5) is 0 Å². The molecular formula is C22H31BrClNO. The van der Waals surface area contributed by atoms with E-state index >= 15 is 0 Å². The minimum atomic E-state index is 0. The molecule has 0 saturated carbocycles. The lowest BCUT2D eigenvalue weighted by Crippen LogP contribution is -3.00. The maximum atomic E-state index is 10.5. The van der Waals surface area contributed by atoms with Crippen LogP contribution in [0.15, 0.2) is 48.5 Å². The van der Waals surface area contributed by atoms with Crippen LogP contribution in [0.2, 0.25) is 5.02 Å². The summed E-state index contributed by atoms with van der Waals surface area (Å²) in [6.07, 6.45) is 0.963. The molecule has 0 radical (unpaired) electrons. The summed E-state index contributed by atoms with van der Waals surface area (Å²) in [6.45, 7) is 10.2. The van der Waals surface area contributed by atoms with Crippen molar-refractivity contribution in [2.75, 3.05) is 13.6 Å². The van der Waals surface area contributed by atoms with E-state index in [4.69, 9.17) is 11.6 Å². The number of phenolic OH excluding ortho intramolecular Hbond substituents is 1. The van der Waals surface area contributed by atoms with Crippen LogP contribution in [0.3, 0.4) is 0 Å². The highest BCUT2D eigenvalue weighted by molar-refractivity contribution is 6.30. The Morgan fingerprint density at radius 3 is 2.08 bits per heavy atom. The van der Waals surface area contributed by atoms with Crippen LogP contribution in [-0.2, 0) is 0 Å². The molecule has 2 rings (SSSR count). The molecular weight excluding hydrogens is 410 g/mol. The minimum Gasteiger partial charge on any atom is -1.00 e. The van der Waals surface area contributed by atoms with Gasteiger partial charge in [-0.15, -0.1) is 0 Å². The van der Waals surface area contributed by atoms with Gasteiger partial charge in [0.1, 0.15) is 5.75 Å². The van der Waals surface area contributed by atoms with E-state index in [0.29, 0.717) is 22.9 Å². The van der Waals surface area contributed by atoms with Crippen LogP contribution in [0.1, 0.15) is 51.2 Å². The number of phenols is 1. The molecule has 0 unspecified atom stereocenters. The highest BCUT2D eigenvalue weighted by atomic mass is 79.9. The Morgan fingerprint density at radius 1 is 0.962 bits per heavy atom. The standard InChI is InChI=1S/C22H30ClNO.BrH/c1-16(2)24(5,17(3)4)14-13-20(18-9-7-6-8-10-18)21-15-19(23)11-12-22(21)25;/h6-12,15-17,20H,13-14H2,1-5H3;1H/t20-;/m1./s1. The molecule has 0 aromatic heterocycles. The van der Waals surface area contributed by atoms with E-state index < -0.39 is 0 Å². The van der Waals surface area contributed by atoms with Crippen molar-refractivity contribution in [3.63, 3.8) is 0 Å². The van der Waals surface area contributed by atoms with Crippen molar-refractivity contribution >= 4 is 11.6 Å². The first-order valence-electron chi connectivity index (χ1n) is 9.14. The number of halogens is 2. The van der Waals surface area contributed by atoms with Gasteiger partial charge in [0.15, 0.2) is 0 Å². The number of nitrogens with zero attached hydrogens (tertiary/aromatic N) is 1. The van der Waals surface area contributed by atoms with Crippen LogP contribution in [0, 0.1) is 0 Å². The van der Waals surface area contributed by atoms with Crippen LogP contribution < -0.4 is 17.0 Å². The fraction of sp³-hybridized carbons (Fsp3) is 0.455. The van der Waals surface area contributed by atoms with Gasteiger partial charge in [0, 0.05) is 22.9 Å². The second-order valence-electron chi connectivity index (χ2n) is 7.71. The Morgan fingerprint density at radius 2 is 1.54 bits per heavy atom. The quantitative estimate of drug-likeness (QED) is 0.657. The highest BCUT2D eigenvalue weighted by Gasteiger charge is 2.31. The molecule has 0 bridgehead atoms. The third kappa shape index (κ3) is 5.25. The van der Waals surface area contributed by atoms with E-state index in [1.807, 2.05) is 12.1 Å². The summed E-state index contributed by atoms with van der Waals surface area (Å²) in [4.78, 5) is 0. The topological polar surface area (TPSA) is 20.2 Å². The maximum absolute atomic E-state index is 10.5. The summed E-state index contributed by atoms with van der Waals surface area (Å²) in [7, 11) is 2.33. The molecule has 144 valence electrons. The fourth-order valence-corrected chi connectivity index (χ4v) is 3.69. The Labute approximate surface area is 174 Å². The molecule has 0 spiro atoms. The first-order valence-corrected chi connectivity index (χ1v) is 9.51. The Bertz CT molecular complexity index is 680. The molecule has 0 aliphatic rings. The molecule has 2 aromatic rings. The van der Waals surface area contributed by atoms with E-state index in [-0.39, 0.29) is 22.9 Å². The van der Waals surface area contributed by atoms with Gasteiger partial charge in [-0.2, -0.15) is 0 Å². The molecule has 0 aliphatic carbocycles. The smallest absolute Gasteiger partial charge is 0.119 e. The van der Waals surface area contributed by atoms with Crippen molar-refractivity contribution in [1.29, 1.82) is 0 Å². The number of quaternary nitrogens is 1. The minimum absolute atomic E-state index is 0. The van der Waals surface area contributed by atoms with Gasteiger partial charge in [0.25, 0.3) is 0 Å². The monoisotopic (exact) mass is 439 g/mol. The van der Waals surface area contributed by atoms with Gasteiger partial charge in [0.05, 0.1) is 25.7 Å². The predicted molar refractivity (Wildman–Crippen MR) is 107 cm³/mol. The summed E-state index contributed by atoms with van der Waals surface area (Å²) in [6, 6.07) is 16.9. The zero-order valence-electron chi connectivity index (χ0n) is 16.4. The van der Waals surface area contributed by atoms with E-state index in [9.17, 15) is 5.11 Å². The summed E-state index contributed by atoms with van der Waals surface area (Å²) >= 11 is 6.22. The summed E-state index contributed by atoms with van der Waals surface area (Å²) in [5, 5.41) is 11.1. The van der Waals surface area contributed by atoms with Gasteiger partial charge < -0.3 is 26.6 Å². The third-order valence-electron chi connectivity index (χ3n) is 5.83. The zero-order valence-corrected chi connectivity index (χ0v) is 18.8. The highest BCUT2D eigenvalue weighted by Crippen LogP contribution is 2.36. The van der Waals surface area contributed by atoms with Crippen molar-refractivity contribution in [1.82, 2.24) is 0 Å². The van der Waals surface area contributed by atoms with Crippen molar-refractivity contribution in [3.8, 4) is 5.75 Å². The van der Waals surface area contributed by atoms with Gasteiger partial charge in [-0.3, -0.25) is 0 Å². The second kappa shape index (κ2) is 9.77. The van der Waals surface area contributed by atoms with Gasteiger partial charge in [0.2, 0.25) is 0 Å². The second-order valence-corrected chi connectivity index (χ2v) is 8.15. The number of hydrogen-bond donors (Lipinski definition) is 1. The molecule has 0 saturated heterocycles. The van der Waals surface area contributed by atoms with Gasteiger partial charge >= 0.3 is 0 Å². The lowest BCUT2D eigenvalue weighted by atomic mass is 9.87. The van der Waals surface area contributed by atoms with Gasteiger partial charge in [-0.05, 0) is 51.5 Å². The van der Waals surface area contributed by atoms with Crippen LogP contribution in [0.5, 0.6) is 5.75 Å². The predicted octanol–water partition coefficient (Wildman–Crippen LogP) is 2.84. The zero-order chi connectivity index (χ0) is 18.6. The van der Waals surface area contributed by atoms with E-state index in [1.165, 1.54) is 5.56 Å². The first kappa shape index (κ1) is 23.0. The van der Waals surface area contributed by atoms with Crippen LogP contribution in [-0.4, -0.2) is 35.3 Å². The average Bonchev–Trinajstić information content (AvgIpc) is 2.58. The molecule has 2 aromatic carbocycles. The molecule has 4 heteroatoms. The molecule has 26 heavy (non-hydrogen) atoms. The Balaban J connectivity index is 0.00000338. The van der Waals surface area contributed by atoms with Crippen molar-refractivity contribution in [2.45, 2.75) is 52.1 Å². The van der Waals surface area contributed by atoms with E-state index in [1.54, 1.807) is 12.1 Å². The van der Waals surface area contributed by atoms with Crippen LogP contribution in [0.25, 0.3) is 0 Å². The molecule has 1 atom stereocenters. The number of aromatic hydroxyl groups is 1. The molecule has 2 nitrogen and oxygen atoms in total. The van der Waals surface area contributed by atoms with Crippen molar-refractivity contribution in [3.05, 3.63) is 64.7 Å². The maximum Gasteiger partial charge on any atom is 0.119 e. The normalized spacial score (nSPS) is 12.9. The number of rotatable bonds is 7. The first-order chi connectivity index (χ1) is 11.8. The SMILES string of the molecule is CC(C)[N+](C)(CC[C@H](c1ccccc1)c1cc(Cl)ccc1O)C(C)C.[Br-]. The lowest BCUT2D eigenvalue weighted by Gasteiger charge is -2.43. The van der Waals surface area contributed by atoms with E-state index in [0.717, 1.165) is 23.0 Å². The molecule has 0 heterocycles. The summed E-state index contributed by atoms with van der Waals surface area (Å²) in [5.74, 6) is 0.455. The number of hydrogen-bond acceptors (Lipinski definition) is 1. The lowest BCUT2D eigenvalue weighted by molar-refractivity contribution is -0.949. The largest absolute Gasteiger partial charge is 1.00 e. The fourth-order valence-electron chi connectivity index (χ4n) is 3.51. The molecule has 1 N–H and O–H groups in total. The average molecular weight is 441 g/mol. The van der Waals surface area contributed by atoms with Gasteiger partial charge in [-0.25, -0.2) is 0 Å². The summed E-state index contributed by atoms with van der Waals surface area (Å²) < 4.78 is 1.00. The molecule has 0 amide bonds. The Hall–Kier alpha value is -1.03. The van der Waals surface area contributed by atoms with Crippen molar-refractivity contribution in [2.24, 2.45) is 0 Å². The third-order valence-corrected chi connectivity index (χ3v) is 6.06. The van der Waals surface area contributed by atoms with Crippen molar-refractivity contribution < 1.29 is 26.6 Å². The summed E-state index contributed by atoms with van der Waals surface area (Å²) in [5.41, 5.74) is 2.14. The number of benzene rings is 2. The molecule has 0 fully saturated rings. The Kier molecular flexibility index (Phi) is 8.65. The van der Waals surface area contributed by atoms with E-state index in [2.05, 4.69) is 59.0 Å². The molecule has 0 aliphatic heterocycles.